The predicted octanol–water partition coefficient (Wildman–Crippen LogP) is 1.12. The highest BCUT2D eigenvalue weighted by atomic mass is 16.4. The molecule has 0 aliphatic rings. The average molecular weight is 214 g/mol. The van der Waals surface area contributed by atoms with Gasteiger partial charge in [0.2, 0.25) is 5.91 Å². The zero-order chi connectivity index (χ0) is 11.5. The van der Waals surface area contributed by atoms with Crippen molar-refractivity contribution in [3.05, 3.63) is 12.2 Å². The Morgan fingerprint density at radius 2 is 1.93 bits per heavy atom. The van der Waals surface area contributed by atoms with Crippen molar-refractivity contribution >= 4 is 12.0 Å². The Bertz CT molecular complexity index is 227. The Hall–Kier alpha value is -1.52. The van der Waals surface area contributed by atoms with Gasteiger partial charge < -0.3 is 15.7 Å². The molecular weight excluding hydrogens is 196 g/mol. The number of amides is 2. The Labute approximate surface area is 89.6 Å². The third-order valence-electron chi connectivity index (χ3n) is 1.65. The van der Waals surface area contributed by atoms with E-state index in [-0.39, 0.29) is 5.91 Å². The van der Waals surface area contributed by atoms with E-state index in [1.807, 2.05) is 13.0 Å². The molecule has 5 heteroatoms. The van der Waals surface area contributed by atoms with Crippen LogP contribution in [0.25, 0.3) is 0 Å². The molecule has 0 aliphatic heterocycles. The average Bonchev–Trinajstić information content (AvgIpc) is 2.17. The van der Waals surface area contributed by atoms with Gasteiger partial charge in [-0.3, -0.25) is 4.79 Å². The third-order valence-corrected chi connectivity index (χ3v) is 1.65. The largest absolute Gasteiger partial charge is 0.465 e. The molecule has 0 aliphatic carbocycles. The number of rotatable bonds is 7. The summed E-state index contributed by atoms with van der Waals surface area (Å²) in [6.07, 6.45) is 4.81. The van der Waals surface area contributed by atoms with Gasteiger partial charge in [-0.15, -0.1) is 0 Å². The van der Waals surface area contributed by atoms with Crippen molar-refractivity contribution in [1.82, 2.24) is 10.6 Å². The second kappa shape index (κ2) is 9.05. The molecule has 86 valence electrons. The van der Waals surface area contributed by atoms with Crippen LogP contribution >= 0.6 is 0 Å². The zero-order valence-electron chi connectivity index (χ0n) is 8.95. The first kappa shape index (κ1) is 13.5. The fraction of sp³-hybridized carbons (Fsp3) is 0.600. The molecule has 15 heavy (non-hydrogen) atoms. The maximum Gasteiger partial charge on any atom is 0.404 e. The summed E-state index contributed by atoms with van der Waals surface area (Å²) in [5.41, 5.74) is 0. The first-order chi connectivity index (χ1) is 7.16. The molecule has 2 amide bonds. The fourth-order valence-corrected chi connectivity index (χ4v) is 0.911. The van der Waals surface area contributed by atoms with Gasteiger partial charge in [-0.2, -0.15) is 0 Å². The van der Waals surface area contributed by atoms with Crippen molar-refractivity contribution in [2.45, 2.75) is 26.2 Å². The zero-order valence-corrected chi connectivity index (χ0v) is 8.95. The van der Waals surface area contributed by atoms with E-state index < -0.39 is 6.09 Å². The third kappa shape index (κ3) is 10.4. The lowest BCUT2D eigenvalue weighted by atomic mass is 10.3. The second-order valence-corrected chi connectivity index (χ2v) is 3.07. The summed E-state index contributed by atoms with van der Waals surface area (Å²) in [5.74, 6) is -0.126. The van der Waals surface area contributed by atoms with E-state index in [1.165, 1.54) is 6.08 Å². The molecule has 0 spiro atoms. The Morgan fingerprint density at radius 3 is 2.53 bits per heavy atom. The maximum atomic E-state index is 11.1. The van der Waals surface area contributed by atoms with E-state index in [0.29, 0.717) is 19.5 Å². The summed E-state index contributed by atoms with van der Waals surface area (Å²) in [5, 5.41) is 13.1. The van der Waals surface area contributed by atoms with E-state index in [1.54, 1.807) is 0 Å². The number of hydrogen-bond acceptors (Lipinski definition) is 2. The lowest BCUT2D eigenvalue weighted by Crippen LogP contribution is -2.28. The van der Waals surface area contributed by atoms with Crippen LogP contribution < -0.4 is 10.6 Å². The predicted molar refractivity (Wildman–Crippen MR) is 57.7 cm³/mol. The second-order valence-electron chi connectivity index (χ2n) is 3.07. The van der Waals surface area contributed by atoms with E-state index in [2.05, 4.69) is 10.6 Å². The van der Waals surface area contributed by atoms with Gasteiger partial charge in [-0.25, -0.2) is 4.79 Å². The number of carbonyl (C=O) groups excluding carboxylic acids is 1. The van der Waals surface area contributed by atoms with Crippen molar-refractivity contribution in [3.63, 3.8) is 0 Å². The Morgan fingerprint density at radius 1 is 1.27 bits per heavy atom. The number of unbranched alkanes of at least 4 members (excludes halogenated alkanes) is 1. The topological polar surface area (TPSA) is 78.4 Å². The molecule has 0 radical (unpaired) electrons. The van der Waals surface area contributed by atoms with Crippen LogP contribution in [0.5, 0.6) is 0 Å². The molecule has 0 aromatic carbocycles. The van der Waals surface area contributed by atoms with E-state index in [4.69, 9.17) is 5.11 Å². The van der Waals surface area contributed by atoms with Gasteiger partial charge in [0.1, 0.15) is 0 Å². The molecule has 0 aromatic heterocycles. The van der Waals surface area contributed by atoms with Crippen LogP contribution in [0.2, 0.25) is 0 Å². The molecule has 0 heterocycles. The standard InChI is InChI=1S/C10H18N2O3/c1-2-3-4-6-9(13)11-7-5-8-12-10(14)15/h4,6,12H,2-3,5,7-8H2,1H3,(H,11,13)(H,14,15). The molecule has 0 saturated heterocycles. The van der Waals surface area contributed by atoms with Crippen molar-refractivity contribution in [2.24, 2.45) is 0 Å². The first-order valence-corrected chi connectivity index (χ1v) is 5.08. The normalized spacial score (nSPS) is 10.2. The highest BCUT2D eigenvalue weighted by molar-refractivity contribution is 5.87. The molecule has 0 bridgehead atoms. The summed E-state index contributed by atoms with van der Waals surface area (Å²) >= 11 is 0. The molecule has 0 unspecified atom stereocenters. The lowest BCUT2D eigenvalue weighted by molar-refractivity contribution is -0.116. The molecule has 3 N–H and O–H groups in total. The quantitative estimate of drug-likeness (QED) is 0.439. The first-order valence-electron chi connectivity index (χ1n) is 5.08. The molecule has 0 aromatic rings. The molecule has 0 rings (SSSR count). The van der Waals surface area contributed by atoms with Crippen LogP contribution in [-0.2, 0) is 4.79 Å². The molecule has 0 saturated carbocycles. The van der Waals surface area contributed by atoms with Crippen LogP contribution in [0, 0.1) is 0 Å². The van der Waals surface area contributed by atoms with Crippen LogP contribution in [0.1, 0.15) is 26.2 Å². The van der Waals surface area contributed by atoms with E-state index in [9.17, 15) is 9.59 Å². The smallest absolute Gasteiger partial charge is 0.404 e. The van der Waals surface area contributed by atoms with Gasteiger partial charge >= 0.3 is 6.09 Å². The van der Waals surface area contributed by atoms with Crippen molar-refractivity contribution in [2.75, 3.05) is 13.1 Å². The van der Waals surface area contributed by atoms with Crippen LogP contribution in [0.15, 0.2) is 12.2 Å². The monoisotopic (exact) mass is 214 g/mol. The lowest BCUT2D eigenvalue weighted by Gasteiger charge is -2.01. The number of nitrogens with one attached hydrogen (secondary N) is 2. The van der Waals surface area contributed by atoms with Gasteiger partial charge in [0.25, 0.3) is 0 Å². The summed E-state index contributed by atoms with van der Waals surface area (Å²) < 4.78 is 0. The van der Waals surface area contributed by atoms with Crippen LogP contribution in [-0.4, -0.2) is 30.2 Å². The molecular formula is C10H18N2O3. The van der Waals surface area contributed by atoms with Gasteiger partial charge in [-0.05, 0) is 18.9 Å². The van der Waals surface area contributed by atoms with Crippen LogP contribution in [0.3, 0.4) is 0 Å². The number of allylic oxidation sites excluding steroid dienone is 1. The highest BCUT2D eigenvalue weighted by Gasteiger charge is 1.95. The van der Waals surface area contributed by atoms with Gasteiger partial charge in [0.15, 0.2) is 0 Å². The van der Waals surface area contributed by atoms with E-state index in [0.717, 1.165) is 12.8 Å². The van der Waals surface area contributed by atoms with Crippen molar-refractivity contribution < 1.29 is 14.7 Å². The summed E-state index contributed by atoms with van der Waals surface area (Å²) in [7, 11) is 0. The molecule has 0 fully saturated rings. The Balaban J connectivity index is 3.35. The summed E-state index contributed by atoms with van der Waals surface area (Å²) in [4.78, 5) is 21.1. The number of carbonyl (C=O) groups is 2. The summed E-state index contributed by atoms with van der Waals surface area (Å²) in [6.45, 7) is 2.88. The van der Waals surface area contributed by atoms with Crippen molar-refractivity contribution in [1.29, 1.82) is 0 Å². The van der Waals surface area contributed by atoms with E-state index >= 15 is 0 Å². The highest BCUT2D eigenvalue weighted by Crippen LogP contribution is 1.87. The van der Waals surface area contributed by atoms with Crippen molar-refractivity contribution in [3.8, 4) is 0 Å². The minimum absolute atomic E-state index is 0.126. The maximum absolute atomic E-state index is 11.1. The Kier molecular flexibility index (Phi) is 8.13. The van der Waals surface area contributed by atoms with Crippen LogP contribution in [0.4, 0.5) is 4.79 Å². The molecule has 5 nitrogen and oxygen atoms in total. The minimum atomic E-state index is -1.04. The SMILES string of the molecule is CCCC=CC(=O)NCCCNC(=O)O. The summed E-state index contributed by atoms with van der Waals surface area (Å²) in [6, 6.07) is 0. The fourth-order valence-electron chi connectivity index (χ4n) is 0.911. The van der Waals surface area contributed by atoms with Gasteiger partial charge in [-0.1, -0.05) is 19.4 Å². The molecule has 0 atom stereocenters. The van der Waals surface area contributed by atoms with Gasteiger partial charge in [0, 0.05) is 13.1 Å². The minimum Gasteiger partial charge on any atom is -0.465 e. The number of hydrogen-bond donors (Lipinski definition) is 3. The van der Waals surface area contributed by atoms with Gasteiger partial charge in [0.05, 0.1) is 0 Å². The number of carboxylic acid groups (broad SMARTS) is 1.